The van der Waals surface area contributed by atoms with Crippen molar-refractivity contribution >= 4 is 22.9 Å². The van der Waals surface area contributed by atoms with E-state index in [4.69, 9.17) is 0 Å². The normalized spacial score (nSPS) is 10.4. The molecular formula is C13H19NO2S. The maximum atomic E-state index is 11.6. The molecule has 0 N–H and O–H groups in total. The fraction of sp³-hybridized carbons (Fsp3) is 0.615. The Morgan fingerprint density at radius 3 is 2.65 bits per heavy atom. The Bertz CT molecular complexity index is 346. The SMILES string of the molecule is CCCCCCCC(=O)CC(=O)c1cncs1. The first kappa shape index (κ1) is 14.0. The summed E-state index contributed by atoms with van der Waals surface area (Å²) in [5, 5.41) is 0. The Labute approximate surface area is 106 Å². The van der Waals surface area contributed by atoms with E-state index < -0.39 is 0 Å². The predicted octanol–water partition coefficient (Wildman–Crippen LogP) is 3.65. The molecular weight excluding hydrogens is 234 g/mol. The predicted molar refractivity (Wildman–Crippen MR) is 69.4 cm³/mol. The zero-order valence-electron chi connectivity index (χ0n) is 10.3. The van der Waals surface area contributed by atoms with E-state index in [1.807, 2.05) is 0 Å². The number of carbonyl (C=O) groups is 2. The largest absolute Gasteiger partial charge is 0.299 e. The van der Waals surface area contributed by atoms with Crippen LogP contribution >= 0.6 is 11.3 Å². The van der Waals surface area contributed by atoms with Crippen molar-refractivity contribution in [1.82, 2.24) is 4.98 Å². The summed E-state index contributed by atoms with van der Waals surface area (Å²) >= 11 is 1.30. The molecule has 0 aromatic carbocycles. The first-order valence-corrected chi connectivity index (χ1v) is 7.05. The lowest BCUT2D eigenvalue weighted by Crippen LogP contribution is -2.06. The molecule has 0 aliphatic carbocycles. The van der Waals surface area contributed by atoms with E-state index in [1.165, 1.54) is 36.8 Å². The highest BCUT2D eigenvalue weighted by Gasteiger charge is 2.12. The minimum absolute atomic E-state index is 0.0377. The van der Waals surface area contributed by atoms with E-state index in [2.05, 4.69) is 11.9 Å². The Kier molecular flexibility index (Phi) is 6.70. The van der Waals surface area contributed by atoms with Gasteiger partial charge in [-0.3, -0.25) is 14.6 Å². The molecule has 0 bridgehead atoms. The van der Waals surface area contributed by atoms with E-state index in [1.54, 1.807) is 5.51 Å². The Morgan fingerprint density at radius 1 is 1.24 bits per heavy atom. The van der Waals surface area contributed by atoms with Crippen LogP contribution in [0, 0.1) is 0 Å². The number of Topliss-reactive ketones (excluding diaryl/α,β-unsaturated/α-hetero) is 2. The van der Waals surface area contributed by atoms with Gasteiger partial charge in [-0.25, -0.2) is 0 Å². The number of ketones is 2. The molecule has 1 aromatic heterocycles. The molecule has 1 aromatic rings. The van der Waals surface area contributed by atoms with Gasteiger partial charge in [0.25, 0.3) is 0 Å². The summed E-state index contributed by atoms with van der Waals surface area (Å²) in [5.41, 5.74) is 1.61. The van der Waals surface area contributed by atoms with Crippen molar-refractivity contribution in [3.05, 3.63) is 16.6 Å². The van der Waals surface area contributed by atoms with Gasteiger partial charge in [-0.1, -0.05) is 32.6 Å². The van der Waals surface area contributed by atoms with Gasteiger partial charge in [0.15, 0.2) is 5.78 Å². The third-order valence-corrected chi connectivity index (χ3v) is 3.44. The highest BCUT2D eigenvalue weighted by molar-refractivity contribution is 7.11. The van der Waals surface area contributed by atoms with Crippen LogP contribution in [0.2, 0.25) is 0 Å². The second-order valence-electron chi connectivity index (χ2n) is 4.17. The van der Waals surface area contributed by atoms with Gasteiger partial charge >= 0.3 is 0 Å². The van der Waals surface area contributed by atoms with Crippen molar-refractivity contribution in [3.63, 3.8) is 0 Å². The van der Waals surface area contributed by atoms with Gasteiger partial charge in [-0.2, -0.15) is 0 Å². The van der Waals surface area contributed by atoms with Gasteiger partial charge in [0.1, 0.15) is 5.78 Å². The van der Waals surface area contributed by atoms with E-state index in [-0.39, 0.29) is 18.0 Å². The molecule has 0 spiro atoms. The van der Waals surface area contributed by atoms with E-state index in [0.29, 0.717) is 11.3 Å². The van der Waals surface area contributed by atoms with Crippen molar-refractivity contribution in [1.29, 1.82) is 0 Å². The minimum Gasteiger partial charge on any atom is -0.299 e. The van der Waals surface area contributed by atoms with Crippen LogP contribution in [-0.2, 0) is 4.79 Å². The van der Waals surface area contributed by atoms with Gasteiger partial charge in [0.05, 0.1) is 16.8 Å². The van der Waals surface area contributed by atoms with Crippen molar-refractivity contribution < 1.29 is 9.59 Å². The monoisotopic (exact) mass is 253 g/mol. The van der Waals surface area contributed by atoms with Gasteiger partial charge < -0.3 is 0 Å². The Balaban J connectivity index is 2.15. The third kappa shape index (κ3) is 5.73. The molecule has 3 nitrogen and oxygen atoms in total. The summed E-state index contributed by atoms with van der Waals surface area (Å²) in [7, 11) is 0. The molecule has 0 aliphatic rings. The van der Waals surface area contributed by atoms with Crippen LogP contribution in [0.4, 0.5) is 0 Å². The molecule has 0 atom stereocenters. The standard InChI is InChI=1S/C13H19NO2S/c1-2-3-4-5-6-7-11(15)8-12(16)13-9-14-10-17-13/h9-10H,2-8H2,1H3. The lowest BCUT2D eigenvalue weighted by Gasteiger charge is -1.99. The summed E-state index contributed by atoms with van der Waals surface area (Å²) in [6, 6.07) is 0. The summed E-state index contributed by atoms with van der Waals surface area (Å²) in [6.45, 7) is 2.17. The lowest BCUT2D eigenvalue weighted by molar-refractivity contribution is -0.118. The number of thiazole rings is 1. The summed E-state index contributed by atoms with van der Waals surface area (Å²) < 4.78 is 0. The van der Waals surface area contributed by atoms with Crippen LogP contribution in [0.15, 0.2) is 11.7 Å². The van der Waals surface area contributed by atoms with Gasteiger partial charge in [-0.05, 0) is 6.42 Å². The smallest absolute Gasteiger partial charge is 0.181 e. The van der Waals surface area contributed by atoms with Crippen LogP contribution < -0.4 is 0 Å². The number of carbonyl (C=O) groups excluding carboxylic acids is 2. The van der Waals surface area contributed by atoms with Crippen LogP contribution in [0.3, 0.4) is 0 Å². The van der Waals surface area contributed by atoms with Gasteiger partial charge in [0, 0.05) is 12.6 Å². The van der Waals surface area contributed by atoms with E-state index >= 15 is 0 Å². The Hall–Kier alpha value is -1.03. The minimum atomic E-state index is -0.0916. The molecule has 0 unspecified atom stereocenters. The molecule has 0 saturated carbocycles. The molecule has 0 radical (unpaired) electrons. The van der Waals surface area contributed by atoms with Crippen LogP contribution in [0.25, 0.3) is 0 Å². The van der Waals surface area contributed by atoms with E-state index in [9.17, 15) is 9.59 Å². The molecule has 0 aliphatic heterocycles. The maximum Gasteiger partial charge on any atom is 0.181 e. The molecule has 4 heteroatoms. The van der Waals surface area contributed by atoms with Crippen LogP contribution in [-0.4, -0.2) is 16.6 Å². The summed E-state index contributed by atoms with van der Waals surface area (Å²) in [5.74, 6) is -0.0362. The molecule has 0 fully saturated rings. The molecule has 0 amide bonds. The molecule has 1 rings (SSSR count). The number of unbranched alkanes of at least 4 members (excludes halogenated alkanes) is 4. The second-order valence-corrected chi connectivity index (χ2v) is 5.05. The van der Waals surface area contributed by atoms with Crippen molar-refractivity contribution in [3.8, 4) is 0 Å². The maximum absolute atomic E-state index is 11.6. The highest BCUT2D eigenvalue weighted by atomic mass is 32.1. The quantitative estimate of drug-likeness (QED) is 0.383. The van der Waals surface area contributed by atoms with Crippen molar-refractivity contribution in [2.24, 2.45) is 0 Å². The third-order valence-electron chi connectivity index (χ3n) is 2.62. The second kappa shape index (κ2) is 8.12. The first-order valence-electron chi connectivity index (χ1n) is 6.17. The zero-order chi connectivity index (χ0) is 12.5. The van der Waals surface area contributed by atoms with Gasteiger partial charge in [0.2, 0.25) is 0 Å². The highest BCUT2D eigenvalue weighted by Crippen LogP contribution is 2.11. The molecule has 17 heavy (non-hydrogen) atoms. The summed E-state index contributed by atoms with van der Waals surface area (Å²) in [4.78, 5) is 27.6. The average molecular weight is 253 g/mol. The Morgan fingerprint density at radius 2 is 2.00 bits per heavy atom. The molecule has 0 saturated heterocycles. The fourth-order valence-electron chi connectivity index (χ4n) is 1.63. The number of aromatic nitrogens is 1. The van der Waals surface area contributed by atoms with Crippen molar-refractivity contribution in [2.75, 3.05) is 0 Å². The topological polar surface area (TPSA) is 47.0 Å². The van der Waals surface area contributed by atoms with E-state index in [0.717, 1.165) is 12.8 Å². The van der Waals surface area contributed by atoms with Crippen LogP contribution in [0.1, 0.15) is 61.5 Å². The number of nitrogens with zero attached hydrogens (tertiary/aromatic N) is 1. The number of rotatable bonds is 9. The van der Waals surface area contributed by atoms with Gasteiger partial charge in [-0.15, -0.1) is 11.3 Å². The van der Waals surface area contributed by atoms with Crippen LogP contribution in [0.5, 0.6) is 0 Å². The molecule has 94 valence electrons. The molecule has 1 heterocycles. The number of hydrogen-bond donors (Lipinski definition) is 0. The van der Waals surface area contributed by atoms with Crippen molar-refractivity contribution in [2.45, 2.75) is 51.9 Å². The average Bonchev–Trinajstić information content (AvgIpc) is 2.82. The number of hydrogen-bond acceptors (Lipinski definition) is 4. The fourth-order valence-corrected chi connectivity index (χ4v) is 2.19. The first-order chi connectivity index (χ1) is 8.24. The summed E-state index contributed by atoms with van der Waals surface area (Å²) in [6.07, 6.45) is 7.73. The lowest BCUT2D eigenvalue weighted by atomic mass is 10.1. The zero-order valence-corrected chi connectivity index (χ0v) is 11.1.